The summed E-state index contributed by atoms with van der Waals surface area (Å²) in [4.78, 5) is 8.19. The summed E-state index contributed by atoms with van der Waals surface area (Å²) in [5.74, 6) is 0.500. The van der Waals surface area contributed by atoms with Gasteiger partial charge < -0.3 is 4.74 Å². The third-order valence-corrected chi connectivity index (χ3v) is 5.20. The van der Waals surface area contributed by atoms with E-state index < -0.39 is 10.0 Å². The minimum absolute atomic E-state index is 0.00324. The van der Waals surface area contributed by atoms with Crippen molar-refractivity contribution in [2.75, 3.05) is 4.31 Å². The van der Waals surface area contributed by atoms with Crippen LogP contribution in [0.4, 0.5) is 5.82 Å². The van der Waals surface area contributed by atoms with E-state index in [1.54, 1.807) is 19.9 Å². The maximum atomic E-state index is 12.9. The first kappa shape index (κ1) is 14.1. The van der Waals surface area contributed by atoms with E-state index in [1.807, 2.05) is 0 Å². The number of fused-ring (bicyclic) bond motifs is 2. The molecule has 1 aliphatic rings. The fourth-order valence-electron chi connectivity index (χ4n) is 2.15. The lowest BCUT2D eigenvalue weighted by Gasteiger charge is -2.25. The maximum Gasteiger partial charge on any atom is 0.269 e. The molecule has 6 nitrogen and oxygen atoms in total. The van der Waals surface area contributed by atoms with Crippen molar-refractivity contribution in [3.63, 3.8) is 0 Å². The maximum absolute atomic E-state index is 12.9. The molecule has 1 aromatic heterocycles. The van der Waals surface area contributed by atoms with Gasteiger partial charge in [0.05, 0.1) is 0 Å². The molecule has 0 bridgehead atoms. The highest BCUT2D eigenvalue weighted by Crippen LogP contribution is 2.41. The lowest BCUT2D eigenvalue weighted by Crippen LogP contribution is -2.37. The van der Waals surface area contributed by atoms with E-state index in [4.69, 9.17) is 16.3 Å². The van der Waals surface area contributed by atoms with Crippen molar-refractivity contribution in [1.29, 1.82) is 0 Å². The predicted octanol–water partition coefficient (Wildman–Crippen LogP) is 2.84. The SMILES string of the molecule is CC(C)N1c2nccnc2Oc2ccc(Cl)cc2S1(=O)=O. The van der Waals surface area contributed by atoms with Crippen LogP contribution in [0.1, 0.15) is 13.8 Å². The van der Waals surface area contributed by atoms with Crippen molar-refractivity contribution in [1.82, 2.24) is 9.97 Å². The van der Waals surface area contributed by atoms with Crippen LogP contribution in [0.2, 0.25) is 5.02 Å². The predicted molar refractivity (Wildman–Crippen MR) is 78.4 cm³/mol. The Morgan fingerprint density at radius 2 is 1.95 bits per heavy atom. The second kappa shape index (κ2) is 4.85. The standard InChI is InChI=1S/C13H12ClN3O3S/c1-8(2)17-12-13(16-6-5-15-12)20-10-4-3-9(14)7-11(10)21(17,18)19/h3-8H,1-2H3. The zero-order valence-electron chi connectivity index (χ0n) is 11.3. The molecule has 0 saturated carbocycles. The highest BCUT2D eigenvalue weighted by Gasteiger charge is 2.37. The van der Waals surface area contributed by atoms with Crippen LogP contribution >= 0.6 is 11.6 Å². The van der Waals surface area contributed by atoms with Crippen molar-refractivity contribution in [2.24, 2.45) is 0 Å². The zero-order valence-corrected chi connectivity index (χ0v) is 12.9. The van der Waals surface area contributed by atoms with Gasteiger partial charge in [0.2, 0.25) is 5.82 Å². The van der Waals surface area contributed by atoms with Gasteiger partial charge in [-0.05, 0) is 32.0 Å². The fourth-order valence-corrected chi connectivity index (χ4v) is 4.15. The Bertz CT molecular complexity index is 808. The number of aromatic nitrogens is 2. The molecule has 0 unspecified atom stereocenters. The Balaban J connectivity index is 2.36. The molecule has 0 aliphatic carbocycles. The number of rotatable bonds is 1. The average molecular weight is 326 g/mol. The third kappa shape index (κ3) is 2.22. The summed E-state index contributed by atoms with van der Waals surface area (Å²) >= 11 is 5.93. The summed E-state index contributed by atoms with van der Waals surface area (Å²) in [5.41, 5.74) is 0. The molecule has 1 aliphatic heterocycles. The molecule has 21 heavy (non-hydrogen) atoms. The number of anilines is 1. The van der Waals surface area contributed by atoms with Gasteiger partial charge in [-0.1, -0.05) is 11.6 Å². The number of sulfonamides is 1. The quantitative estimate of drug-likeness (QED) is 0.806. The first-order valence-corrected chi connectivity index (χ1v) is 8.06. The molecule has 0 spiro atoms. The molecule has 0 fully saturated rings. The van der Waals surface area contributed by atoms with Crippen LogP contribution in [0.3, 0.4) is 0 Å². The largest absolute Gasteiger partial charge is 0.434 e. The van der Waals surface area contributed by atoms with Gasteiger partial charge in [0, 0.05) is 23.5 Å². The van der Waals surface area contributed by atoms with Crippen LogP contribution in [0.25, 0.3) is 0 Å². The van der Waals surface area contributed by atoms with E-state index in [9.17, 15) is 8.42 Å². The molecule has 110 valence electrons. The van der Waals surface area contributed by atoms with Crippen molar-refractivity contribution in [2.45, 2.75) is 24.8 Å². The normalized spacial score (nSPS) is 15.9. The van der Waals surface area contributed by atoms with Crippen LogP contribution in [0.5, 0.6) is 11.6 Å². The van der Waals surface area contributed by atoms with Gasteiger partial charge in [-0.3, -0.25) is 0 Å². The van der Waals surface area contributed by atoms with Gasteiger partial charge in [0.15, 0.2) is 0 Å². The number of benzene rings is 1. The molecule has 2 aromatic rings. The summed E-state index contributed by atoms with van der Waals surface area (Å²) in [6, 6.07) is 4.10. The Morgan fingerprint density at radius 1 is 1.24 bits per heavy atom. The van der Waals surface area contributed by atoms with Gasteiger partial charge in [0.1, 0.15) is 10.6 Å². The molecule has 2 heterocycles. The van der Waals surface area contributed by atoms with E-state index >= 15 is 0 Å². The van der Waals surface area contributed by atoms with Crippen molar-refractivity contribution < 1.29 is 13.2 Å². The Morgan fingerprint density at radius 3 is 2.67 bits per heavy atom. The lowest BCUT2D eigenvalue weighted by atomic mass is 10.3. The molecule has 8 heteroatoms. The number of hydrogen-bond donors (Lipinski definition) is 0. The smallest absolute Gasteiger partial charge is 0.269 e. The topological polar surface area (TPSA) is 72.4 Å². The van der Waals surface area contributed by atoms with Crippen molar-refractivity contribution >= 4 is 27.4 Å². The Hall–Kier alpha value is -1.86. The molecule has 0 N–H and O–H groups in total. The fraction of sp³-hybridized carbons (Fsp3) is 0.231. The molecular formula is C13H12ClN3O3S. The molecule has 1 aromatic carbocycles. The van der Waals surface area contributed by atoms with E-state index in [-0.39, 0.29) is 28.4 Å². The summed E-state index contributed by atoms with van der Waals surface area (Å²) in [6.07, 6.45) is 2.88. The van der Waals surface area contributed by atoms with Crippen molar-refractivity contribution in [3.8, 4) is 11.6 Å². The second-order valence-corrected chi connectivity index (χ2v) is 6.99. The van der Waals surface area contributed by atoms with Crippen LogP contribution in [-0.4, -0.2) is 24.4 Å². The Labute approximate surface area is 127 Å². The molecule has 0 saturated heterocycles. The summed E-state index contributed by atoms with van der Waals surface area (Å²) in [5, 5.41) is 0.316. The third-order valence-electron chi connectivity index (χ3n) is 2.97. The van der Waals surface area contributed by atoms with E-state index in [0.29, 0.717) is 5.02 Å². The van der Waals surface area contributed by atoms with Gasteiger partial charge in [0.25, 0.3) is 15.9 Å². The average Bonchev–Trinajstić information content (AvgIpc) is 2.51. The van der Waals surface area contributed by atoms with Gasteiger partial charge in [-0.25, -0.2) is 22.7 Å². The first-order valence-electron chi connectivity index (χ1n) is 6.24. The molecule has 0 radical (unpaired) electrons. The monoisotopic (exact) mass is 325 g/mol. The second-order valence-electron chi connectivity index (χ2n) is 4.77. The zero-order chi connectivity index (χ0) is 15.2. The highest BCUT2D eigenvalue weighted by molar-refractivity contribution is 7.93. The van der Waals surface area contributed by atoms with Crippen LogP contribution < -0.4 is 9.04 Å². The number of hydrogen-bond acceptors (Lipinski definition) is 5. The van der Waals surface area contributed by atoms with E-state index in [2.05, 4.69) is 9.97 Å². The first-order chi connectivity index (χ1) is 9.91. The van der Waals surface area contributed by atoms with Crippen LogP contribution in [0.15, 0.2) is 35.5 Å². The van der Waals surface area contributed by atoms with E-state index in [1.165, 1.54) is 28.8 Å². The molecule has 0 amide bonds. The van der Waals surface area contributed by atoms with Crippen LogP contribution in [-0.2, 0) is 10.0 Å². The molecular weight excluding hydrogens is 314 g/mol. The number of nitrogens with zero attached hydrogens (tertiary/aromatic N) is 3. The summed E-state index contributed by atoms with van der Waals surface area (Å²) in [6.45, 7) is 3.51. The highest BCUT2D eigenvalue weighted by atomic mass is 35.5. The number of halogens is 1. The Kier molecular flexibility index (Phi) is 3.26. The van der Waals surface area contributed by atoms with Crippen molar-refractivity contribution in [3.05, 3.63) is 35.6 Å². The van der Waals surface area contributed by atoms with Crippen LogP contribution in [0, 0.1) is 0 Å². The van der Waals surface area contributed by atoms with E-state index in [0.717, 1.165) is 0 Å². The molecule has 0 atom stereocenters. The summed E-state index contributed by atoms with van der Waals surface area (Å²) < 4.78 is 32.6. The van der Waals surface area contributed by atoms with Gasteiger partial charge >= 0.3 is 0 Å². The minimum atomic E-state index is -3.83. The minimum Gasteiger partial charge on any atom is -0.434 e. The van der Waals surface area contributed by atoms with Gasteiger partial charge in [-0.2, -0.15) is 0 Å². The van der Waals surface area contributed by atoms with Gasteiger partial charge in [-0.15, -0.1) is 0 Å². The number of ether oxygens (including phenoxy) is 1. The molecule has 3 rings (SSSR count). The summed E-state index contributed by atoms with van der Waals surface area (Å²) in [7, 11) is -3.83. The lowest BCUT2D eigenvalue weighted by molar-refractivity contribution is 0.452.